The lowest BCUT2D eigenvalue weighted by Gasteiger charge is -2.37. The molecule has 2 aliphatic heterocycles. The molecule has 286 valence electrons. The fraction of sp³-hybridized carbons (Fsp3) is 0.500. The Bertz CT molecular complexity index is 2020. The van der Waals surface area contributed by atoms with Crippen LogP contribution in [-0.4, -0.2) is 92.6 Å². The first-order valence-electron chi connectivity index (χ1n) is 18.9. The standard InChI is InChI=1S/C40H50N8O6/c1-21(2)32(45-39(51)53-5)37(49)47-17-7-8-31(47)35-42-28-16-14-25(19-29(28)43-35)23-9-11-24(12-10-23)30-20-41-36(44-30)34-26-13-15-27(18-26)48(34)38(50)33(22(3)4)46-40(52)54-6/h9-12,14,16,19-22,26-27,31-34H,7-8,13,15,17-18H2,1-6H3,(H,41,44)(H,42,43)(H,45,51)(H,46,52)/t26-,27-,31+,32+,33+,34+/m1/s1. The van der Waals surface area contributed by atoms with Gasteiger partial charge in [0.05, 0.1) is 49.2 Å². The summed E-state index contributed by atoms with van der Waals surface area (Å²) >= 11 is 0. The number of imidazole rings is 2. The summed E-state index contributed by atoms with van der Waals surface area (Å²) < 4.78 is 9.58. The Balaban J connectivity index is 1.07. The lowest BCUT2D eigenvalue weighted by atomic mass is 9.95. The Morgan fingerprint density at radius 1 is 0.796 bits per heavy atom. The van der Waals surface area contributed by atoms with Gasteiger partial charge < -0.3 is 39.9 Å². The van der Waals surface area contributed by atoms with Crippen LogP contribution in [0, 0.1) is 17.8 Å². The van der Waals surface area contributed by atoms with E-state index < -0.39 is 24.3 Å². The van der Waals surface area contributed by atoms with Crippen LogP contribution in [0.1, 0.15) is 83.5 Å². The number of carbonyl (C=O) groups is 4. The van der Waals surface area contributed by atoms with Crippen molar-refractivity contribution in [2.24, 2.45) is 17.8 Å². The number of amides is 4. The van der Waals surface area contributed by atoms with Crippen molar-refractivity contribution in [1.82, 2.24) is 40.4 Å². The molecule has 14 nitrogen and oxygen atoms in total. The molecule has 54 heavy (non-hydrogen) atoms. The minimum absolute atomic E-state index is 0.0991. The fourth-order valence-electron chi connectivity index (χ4n) is 8.55. The molecule has 0 unspecified atom stereocenters. The van der Waals surface area contributed by atoms with Gasteiger partial charge in [0.15, 0.2) is 0 Å². The number of benzene rings is 2. The van der Waals surface area contributed by atoms with Crippen molar-refractivity contribution in [2.45, 2.75) is 90.0 Å². The first kappa shape index (κ1) is 36.9. The van der Waals surface area contributed by atoms with Crippen LogP contribution in [0.2, 0.25) is 0 Å². The summed E-state index contributed by atoms with van der Waals surface area (Å²) in [5, 5.41) is 5.45. The van der Waals surface area contributed by atoms with Gasteiger partial charge in [-0.15, -0.1) is 0 Å². The summed E-state index contributed by atoms with van der Waals surface area (Å²) in [6.07, 6.45) is 5.12. The van der Waals surface area contributed by atoms with Crippen LogP contribution in [-0.2, 0) is 19.1 Å². The largest absolute Gasteiger partial charge is 0.453 e. The third-order valence-corrected chi connectivity index (χ3v) is 11.4. The van der Waals surface area contributed by atoms with E-state index in [-0.39, 0.29) is 41.8 Å². The van der Waals surface area contributed by atoms with Gasteiger partial charge in [-0.25, -0.2) is 19.6 Å². The van der Waals surface area contributed by atoms with Crippen LogP contribution in [0.25, 0.3) is 33.4 Å². The summed E-state index contributed by atoms with van der Waals surface area (Å²) in [7, 11) is 2.59. The zero-order valence-electron chi connectivity index (χ0n) is 31.7. The third-order valence-electron chi connectivity index (χ3n) is 11.4. The number of hydrogen-bond donors (Lipinski definition) is 4. The first-order chi connectivity index (χ1) is 26.0. The molecule has 2 aromatic carbocycles. The van der Waals surface area contributed by atoms with Gasteiger partial charge in [-0.05, 0) is 78.7 Å². The zero-order chi connectivity index (χ0) is 38.3. The molecule has 7 rings (SSSR count). The van der Waals surface area contributed by atoms with E-state index in [4.69, 9.17) is 19.4 Å². The highest BCUT2D eigenvalue weighted by Gasteiger charge is 2.51. The van der Waals surface area contributed by atoms with E-state index in [9.17, 15) is 19.2 Å². The Labute approximate surface area is 314 Å². The molecule has 0 spiro atoms. The number of piperidine rings is 1. The molecule has 3 aliphatic rings. The molecular weight excluding hydrogens is 688 g/mol. The van der Waals surface area contributed by atoms with Crippen molar-refractivity contribution in [3.63, 3.8) is 0 Å². The number of nitrogens with zero attached hydrogens (tertiary/aromatic N) is 4. The quantitative estimate of drug-likeness (QED) is 0.151. The number of H-pyrrole nitrogens is 2. The first-order valence-corrected chi connectivity index (χ1v) is 18.9. The predicted octanol–water partition coefficient (Wildman–Crippen LogP) is 6.10. The normalized spacial score (nSPS) is 21.9. The minimum atomic E-state index is -0.693. The molecule has 6 atom stereocenters. The van der Waals surface area contributed by atoms with Crippen LogP contribution >= 0.6 is 0 Å². The van der Waals surface area contributed by atoms with E-state index in [1.807, 2.05) is 55.8 Å². The van der Waals surface area contributed by atoms with E-state index in [1.165, 1.54) is 14.2 Å². The van der Waals surface area contributed by atoms with Gasteiger partial charge in [-0.1, -0.05) is 58.0 Å². The van der Waals surface area contributed by atoms with E-state index in [2.05, 4.69) is 50.9 Å². The average Bonchev–Trinajstić information content (AvgIpc) is 4.02. The molecule has 4 N–H and O–H groups in total. The third kappa shape index (κ3) is 7.01. The highest BCUT2D eigenvalue weighted by atomic mass is 16.5. The lowest BCUT2D eigenvalue weighted by molar-refractivity contribution is -0.139. The van der Waals surface area contributed by atoms with Gasteiger partial charge in [0, 0.05) is 12.6 Å². The van der Waals surface area contributed by atoms with E-state index in [0.717, 1.165) is 77.2 Å². The van der Waals surface area contributed by atoms with Crippen LogP contribution in [0.5, 0.6) is 0 Å². The second-order valence-electron chi connectivity index (χ2n) is 15.4. The summed E-state index contributed by atoms with van der Waals surface area (Å²) in [6.45, 7) is 8.24. The fourth-order valence-corrected chi connectivity index (χ4v) is 8.55. The topological polar surface area (TPSA) is 175 Å². The monoisotopic (exact) mass is 738 g/mol. The molecule has 3 fully saturated rings. The molecule has 1 aliphatic carbocycles. The number of hydrogen-bond acceptors (Lipinski definition) is 8. The molecule has 4 amide bonds. The smallest absolute Gasteiger partial charge is 0.407 e. The van der Waals surface area contributed by atoms with Crippen molar-refractivity contribution in [3.05, 3.63) is 60.3 Å². The van der Waals surface area contributed by atoms with Gasteiger partial charge in [0.1, 0.15) is 23.7 Å². The molecule has 2 saturated heterocycles. The molecule has 2 aromatic heterocycles. The summed E-state index contributed by atoms with van der Waals surface area (Å²) in [4.78, 5) is 72.0. The van der Waals surface area contributed by atoms with Crippen molar-refractivity contribution in [2.75, 3.05) is 20.8 Å². The number of ether oxygens (including phenoxy) is 2. The Hall–Kier alpha value is -5.40. The van der Waals surface area contributed by atoms with Gasteiger partial charge in [0.2, 0.25) is 11.8 Å². The van der Waals surface area contributed by atoms with Crippen LogP contribution in [0.4, 0.5) is 9.59 Å². The second kappa shape index (κ2) is 15.2. The predicted molar refractivity (Wildman–Crippen MR) is 202 cm³/mol. The van der Waals surface area contributed by atoms with Crippen molar-refractivity contribution >= 4 is 35.0 Å². The number of likely N-dealkylation sites (tertiary alicyclic amines) is 2. The molecular formula is C40H50N8O6. The molecule has 4 aromatic rings. The van der Waals surface area contributed by atoms with Gasteiger partial charge in [-0.2, -0.15) is 0 Å². The van der Waals surface area contributed by atoms with Crippen LogP contribution in [0.3, 0.4) is 0 Å². The highest BCUT2D eigenvalue weighted by molar-refractivity contribution is 5.88. The van der Waals surface area contributed by atoms with Crippen molar-refractivity contribution in [3.8, 4) is 22.4 Å². The second-order valence-corrected chi connectivity index (χ2v) is 15.4. The molecule has 14 heteroatoms. The Morgan fingerprint density at radius 2 is 1.44 bits per heavy atom. The summed E-state index contributed by atoms with van der Waals surface area (Å²) in [5.74, 6) is 1.35. The number of methoxy groups -OCH3 is 2. The highest BCUT2D eigenvalue weighted by Crippen LogP contribution is 2.50. The zero-order valence-corrected chi connectivity index (χ0v) is 31.7. The number of aromatic amines is 2. The van der Waals surface area contributed by atoms with Gasteiger partial charge >= 0.3 is 12.2 Å². The number of carbonyl (C=O) groups excluding carboxylic acids is 4. The summed E-state index contributed by atoms with van der Waals surface area (Å²) in [6, 6.07) is 12.7. The summed E-state index contributed by atoms with van der Waals surface area (Å²) in [5.41, 5.74) is 5.59. The number of rotatable bonds is 10. The van der Waals surface area contributed by atoms with Gasteiger partial charge in [-0.3, -0.25) is 9.59 Å². The SMILES string of the molecule is COC(=O)N[C@H](C(=O)N1CCC[C@H]1c1nc2ccc(-c3ccc(-c4cnc([C@@H]5[C@@H]6CC[C@H](C6)N5C(=O)[C@@H](NC(=O)OC)C(C)C)[nH]4)cc3)cc2[nH]1)C(C)C. The van der Waals surface area contributed by atoms with Crippen LogP contribution in [0.15, 0.2) is 48.7 Å². The maximum atomic E-state index is 13.9. The lowest BCUT2D eigenvalue weighted by Crippen LogP contribution is -2.54. The van der Waals surface area contributed by atoms with Crippen molar-refractivity contribution < 1.29 is 28.7 Å². The van der Waals surface area contributed by atoms with Crippen molar-refractivity contribution in [1.29, 1.82) is 0 Å². The van der Waals surface area contributed by atoms with E-state index in [0.29, 0.717) is 12.5 Å². The number of nitrogens with one attached hydrogen (secondary N) is 4. The molecule has 4 heterocycles. The number of fused-ring (bicyclic) bond motifs is 3. The van der Waals surface area contributed by atoms with Gasteiger partial charge in [0.25, 0.3) is 0 Å². The molecule has 1 saturated carbocycles. The number of alkyl carbamates (subject to hydrolysis) is 2. The van der Waals surface area contributed by atoms with E-state index in [1.54, 1.807) is 0 Å². The minimum Gasteiger partial charge on any atom is -0.453 e. The Morgan fingerprint density at radius 3 is 2.11 bits per heavy atom. The maximum Gasteiger partial charge on any atom is 0.407 e. The van der Waals surface area contributed by atoms with Crippen LogP contribution < -0.4 is 10.6 Å². The number of aromatic nitrogens is 4. The Kier molecular flexibility index (Phi) is 10.4. The average molecular weight is 739 g/mol. The molecule has 0 radical (unpaired) electrons. The maximum absolute atomic E-state index is 13.9. The molecule has 2 bridgehead atoms. The van der Waals surface area contributed by atoms with E-state index >= 15 is 0 Å².